The van der Waals surface area contributed by atoms with Gasteiger partial charge in [0.15, 0.2) is 5.72 Å². The number of rotatable bonds is 1. The van der Waals surface area contributed by atoms with Crippen LogP contribution in [-0.4, -0.2) is 48.0 Å². The summed E-state index contributed by atoms with van der Waals surface area (Å²) >= 11 is 0. The van der Waals surface area contributed by atoms with E-state index >= 15 is 0 Å². The van der Waals surface area contributed by atoms with Crippen molar-refractivity contribution in [2.45, 2.75) is 57.3 Å². The predicted molar refractivity (Wildman–Crippen MR) is 113 cm³/mol. The van der Waals surface area contributed by atoms with Crippen LogP contribution in [0.25, 0.3) is 10.8 Å². The summed E-state index contributed by atoms with van der Waals surface area (Å²) in [5.41, 5.74) is 1.04. The van der Waals surface area contributed by atoms with Crippen LogP contribution < -0.4 is 10.1 Å². The van der Waals surface area contributed by atoms with Gasteiger partial charge in [-0.1, -0.05) is 30.3 Å². The maximum atomic E-state index is 7.07. The summed E-state index contributed by atoms with van der Waals surface area (Å²) in [6.45, 7) is 12.8. The smallest absolute Gasteiger partial charge is 0.170 e. The van der Waals surface area contributed by atoms with Gasteiger partial charge in [-0.2, -0.15) is 0 Å². The maximum Gasteiger partial charge on any atom is 0.170 e. The van der Waals surface area contributed by atoms with Crippen molar-refractivity contribution in [3.63, 3.8) is 0 Å². The Morgan fingerprint density at radius 1 is 1.00 bits per heavy atom. The Morgan fingerprint density at radius 2 is 1.75 bits per heavy atom. The van der Waals surface area contributed by atoms with E-state index in [0.717, 1.165) is 44.9 Å². The molecule has 0 bridgehead atoms. The third kappa shape index (κ3) is 2.77. The molecule has 3 aliphatic rings. The number of morpholine rings is 1. The Hall–Kier alpha value is -1.62. The number of benzene rings is 2. The third-order valence-corrected chi connectivity index (χ3v) is 7.01. The number of hydrogen-bond acceptors (Lipinski definition) is 4. The fraction of sp³-hybridized carbons (Fsp3) is 0.583. The molecule has 3 aliphatic heterocycles. The Morgan fingerprint density at radius 3 is 2.54 bits per heavy atom. The molecule has 0 spiro atoms. The first kappa shape index (κ1) is 18.4. The molecule has 5 rings (SSSR count). The highest BCUT2D eigenvalue weighted by Gasteiger charge is 2.61. The number of ether oxygens (including phenoxy) is 2. The normalized spacial score (nSPS) is 31.6. The van der Waals surface area contributed by atoms with Gasteiger partial charge in [-0.25, -0.2) is 0 Å². The van der Waals surface area contributed by atoms with Gasteiger partial charge in [0.25, 0.3) is 0 Å². The SMILES string of the molecule is CC1(C)C[C@]2(N3CCOCC3)Oc3ccc4ccccc4c3C[C@H]2C(C)(C)N1. The molecule has 2 fully saturated rings. The van der Waals surface area contributed by atoms with E-state index in [2.05, 4.69) is 74.3 Å². The number of nitrogens with zero attached hydrogens (tertiary/aromatic N) is 1. The molecule has 150 valence electrons. The first-order chi connectivity index (χ1) is 13.3. The molecular formula is C24H32N2O2. The van der Waals surface area contributed by atoms with Crippen molar-refractivity contribution >= 4 is 10.8 Å². The van der Waals surface area contributed by atoms with E-state index < -0.39 is 0 Å². The largest absolute Gasteiger partial charge is 0.472 e. The van der Waals surface area contributed by atoms with Crippen molar-refractivity contribution in [3.8, 4) is 5.75 Å². The van der Waals surface area contributed by atoms with Crippen molar-refractivity contribution in [1.82, 2.24) is 10.2 Å². The van der Waals surface area contributed by atoms with Gasteiger partial charge in [-0.3, -0.25) is 4.90 Å². The Bertz CT molecular complexity index is 901. The van der Waals surface area contributed by atoms with Gasteiger partial charge in [0.1, 0.15) is 5.75 Å². The first-order valence-electron chi connectivity index (χ1n) is 10.6. The summed E-state index contributed by atoms with van der Waals surface area (Å²) in [4.78, 5) is 2.57. The molecule has 0 amide bonds. The lowest BCUT2D eigenvalue weighted by Gasteiger charge is -2.63. The van der Waals surface area contributed by atoms with Gasteiger partial charge < -0.3 is 14.8 Å². The van der Waals surface area contributed by atoms with E-state index in [1.54, 1.807) is 0 Å². The van der Waals surface area contributed by atoms with Crippen molar-refractivity contribution in [2.24, 2.45) is 5.92 Å². The first-order valence-corrected chi connectivity index (χ1v) is 10.6. The van der Waals surface area contributed by atoms with E-state index in [0.29, 0.717) is 5.92 Å². The molecule has 2 aromatic carbocycles. The Kier molecular flexibility index (Phi) is 4.07. The van der Waals surface area contributed by atoms with Crippen LogP contribution in [0.1, 0.15) is 39.7 Å². The van der Waals surface area contributed by atoms with Crippen LogP contribution in [0.15, 0.2) is 36.4 Å². The zero-order valence-corrected chi connectivity index (χ0v) is 17.5. The van der Waals surface area contributed by atoms with Gasteiger partial charge in [-0.15, -0.1) is 0 Å². The quantitative estimate of drug-likeness (QED) is 0.812. The molecule has 0 aromatic heterocycles. The van der Waals surface area contributed by atoms with E-state index in [9.17, 15) is 0 Å². The van der Waals surface area contributed by atoms with E-state index in [1.807, 2.05) is 0 Å². The fourth-order valence-corrected chi connectivity index (χ4v) is 6.20. The number of hydrogen-bond donors (Lipinski definition) is 1. The maximum absolute atomic E-state index is 7.07. The van der Waals surface area contributed by atoms with Crippen molar-refractivity contribution in [3.05, 3.63) is 42.0 Å². The molecule has 2 saturated heterocycles. The third-order valence-electron chi connectivity index (χ3n) is 7.01. The highest BCUT2D eigenvalue weighted by molar-refractivity contribution is 5.88. The highest BCUT2D eigenvalue weighted by atomic mass is 16.5. The topological polar surface area (TPSA) is 33.7 Å². The van der Waals surface area contributed by atoms with Crippen LogP contribution in [0.3, 0.4) is 0 Å². The Labute approximate surface area is 168 Å². The van der Waals surface area contributed by atoms with E-state index in [1.165, 1.54) is 16.3 Å². The lowest BCUT2D eigenvalue weighted by Crippen LogP contribution is -2.77. The molecule has 4 nitrogen and oxygen atoms in total. The minimum Gasteiger partial charge on any atom is -0.472 e. The summed E-state index contributed by atoms with van der Waals surface area (Å²) in [7, 11) is 0. The second-order valence-corrected chi connectivity index (χ2v) is 9.97. The van der Waals surface area contributed by atoms with Crippen LogP contribution in [0.2, 0.25) is 0 Å². The predicted octanol–water partition coefficient (Wildman–Crippen LogP) is 3.97. The molecule has 4 heteroatoms. The lowest BCUT2D eigenvalue weighted by molar-refractivity contribution is -0.212. The summed E-state index contributed by atoms with van der Waals surface area (Å²) < 4.78 is 12.8. The van der Waals surface area contributed by atoms with Crippen molar-refractivity contribution in [1.29, 1.82) is 0 Å². The molecule has 2 atom stereocenters. The van der Waals surface area contributed by atoms with Gasteiger partial charge in [0.2, 0.25) is 0 Å². The van der Waals surface area contributed by atoms with Gasteiger partial charge in [0, 0.05) is 42.1 Å². The minimum atomic E-state index is -0.294. The number of fused-ring (bicyclic) bond motifs is 4. The molecule has 0 aliphatic carbocycles. The molecule has 3 heterocycles. The van der Waals surface area contributed by atoms with Crippen LogP contribution in [-0.2, 0) is 11.2 Å². The van der Waals surface area contributed by atoms with Gasteiger partial charge >= 0.3 is 0 Å². The lowest BCUT2D eigenvalue weighted by atomic mass is 9.64. The minimum absolute atomic E-state index is 0.00660. The average molecular weight is 381 g/mol. The fourth-order valence-electron chi connectivity index (χ4n) is 6.20. The summed E-state index contributed by atoms with van der Waals surface area (Å²) in [6.07, 6.45) is 2.00. The molecule has 28 heavy (non-hydrogen) atoms. The van der Waals surface area contributed by atoms with Crippen molar-refractivity contribution < 1.29 is 9.47 Å². The van der Waals surface area contributed by atoms with E-state index in [4.69, 9.17) is 9.47 Å². The van der Waals surface area contributed by atoms with Gasteiger partial charge in [0.05, 0.1) is 13.2 Å². The summed E-state index contributed by atoms with van der Waals surface area (Å²) in [6, 6.07) is 13.1. The zero-order chi connectivity index (χ0) is 19.6. The van der Waals surface area contributed by atoms with Crippen molar-refractivity contribution in [2.75, 3.05) is 26.3 Å². The molecule has 2 aromatic rings. The molecule has 0 saturated carbocycles. The highest BCUT2D eigenvalue weighted by Crippen LogP contribution is 2.52. The molecular weight excluding hydrogens is 348 g/mol. The van der Waals surface area contributed by atoms with Crippen LogP contribution in [0.4, 0.5) is 0 Å². The Balaban J connectivity index is 1.68. The standard InChI is InChI=1S/C24H32N2O2/c1-22(2)16-24(26-11-13-27-14-12-26)21(23(3,4)25-22)15-19-18-8-6-5-7-17(18)9-10-20(19)28-24/h5-10,21,25H,11-16H2,1-4H3/t21-,24-/m0/s1. The number of nitrogens with one attached hydrogen (secondary N) is 1. The molecule has 0 radical (unpaired) electrons. The zero-order valence-electron chi connectivity index (χ0n) is 17.5. The molecule has 0 unspecified atom stereocenters. The monoisotopic (exact) mass is 380 g/mol. The second-order valence-electron chi connectivity index (χ2n) is 9.97. The summed E-state index contributed by atoms with van der Waals surface area (Å²) in [5, 5.41) is 6.56. The number of piperidine rings is 1. The van der Waals surface area contributed by atoms with Crippen LogP contribution >= 0.6 is 0 Å². The van der Waals surface area contributed by atoms with Crippen LogP contribution in [0, 0.1) is 5.92 Å². The summed E-state index contributed by atoms with van der Waals surface area (Å²) in [5.74, 6) is 1.43. The van der Waals surface area contributed by atoms with E-state index in [-0.39, 0.29) is 16.8 Å². The molecule has 1 N–H and O–H groups in total. The second kappa shape index (κ2) is 6.19. The van der Waals surface area contributed by atoms with Gasteiger partial charge in [-0.05, 0) is 51.0 Å². The van der Waals surface area contributed by atoms with Crippen LogP contribution in [0.5, 0.6) is 5.75 Å². The average Bonchev–Trinajstić information content (AvgIpc) is 2.66.